The molecule has 0 aromatic heterocycles. The summed E-state index contributed by atoms with van der Waals surface area (Å²) in [5.74, 6) is 0.700. The van der Waals surface area contributed by atoms with Gasteiger partial charge in [-0.1, -0.05) is 48.9 Å². The van der Waals surface area contributed by atoms with E-state index in [9.17, 15) is 9.59 Å². The maximum atomic E-state index is 13.1. The van der Waals surface area contributed by atoms with Crippen LogP contribution in [0.2, 0.25) is 34.7 Å². The van der Waals surface area contributed by atoms with Crippen LogP contribution in [0, 0.1) is 0 Å². The van der Waals surface area contributed by atoms with Crippen molar-refractivity contribution in [1.82, 2.24) is 10.2 Å². The minimum Gasteiger partial charge on any atom is -0.311 e. The van der Waals surface area contributed by atoms with Crippen LogP contribution in [-0.4, -0.2) is 49.4 Å². The monoisotopic (exact) mass is 478 g/mol. The second-order valence-corrected chi connectivity index (χ2v) is 16.4. The van der Waals surface area contributed by atoms with E-state index < -0.39 is 13.6 Å². The van der Waals surface area contributed by atoms with E-state index in [0.717, 1.165) is 24.0 Å². The summed E-state index contributed by atoms with van der Waals surface area (Å²) in [6.45, 7) is 11.6. The molecule has 0 saturated heterocycles. The number of amidine groups is 1. The third-order valence-electron chi connectivity index (χ3n) is 7.07. The molecule has 0 unspecified atom stereocenters. The van der Waals surface area contributed by atoms with Crippen LogP contribution >= 0.6 is 23.2 Å². The molecule has 2 aliphatic heterocycles. The molecule has 6 nitrogen and oxygen atoms in total. The van der Waals surface area contributed by atoms with Gasteiger partial charge in [-0.15, -0.1) is 0 Å². The van der Waals surface area contributed by atoms with Gasteiger partial charge in [0, 0.05) is 10.6 Å². The molecule has 31 heavy (non-hydrogen) atoms. The minimum atomic E-state index is -1.64. The van der Waals surface area contributed by atoms with E-state index in [1.807, 2.05) is 13.8 Å². The first-order chi connectivity index (χ1) is 14.4. The zero-order valence-corrected chi connectivity index (χ0v) is 21.0. The predicted molar refractivity (Wildman–Crippen MR) is 129 cm³/mol. The summed E-state index contributed by atoms with van der Waals surface area (Å²) in [4.78, 5) is 32.6. The number of anilines is 1. The minimum absolute atomic E-state index is 0.0859. The van der Waals surface area contributed by atoms with Crippen LogP contribution in [0.1, 0.15) is 26.7 Å². The smallest absolute Gasteiger partial charge is 0.311 e. The summed E-state index contributed by atoms with van der Waals surface area (Å²) in [5, 5.41) is 6.53. The molecule has 2 N–H and O–H groups in total. The number of benzene rings is 1. The Hall–Kier alpha value is -1.83. The summed E-state index contributed by atoms with van der Waals surface area (Å²) >= 11 is 12.4. The van der Waals surface area contributed by atoms with Crippen LogP contribution in [0.25, 0.3) is 0 Å². The van der Waals surface area contributed by atoms with Crippen molar-refractivity contribution in [1.29, 1.82) is 0 Å². The second kappa shape index (κ2) is 7.35. The number of urea groups is 1. The number of para-hydroxylation sites is 1. The van der Waals surface area contributed by atoms with Gasteiger partial charge in [0.1, 0.15) is 5.84 Å². The van der Waals surface area contributed by atoms with Crippen LogP contribution in [0.15, 0.2) is 34.3 Å². The van der Waals surface area contributed by atoms with Gasteiger partial charge in [-0.05, 0) is 44.4 Å². The molecule has 1 aliphatic carbocycles. The van der Waals surface area contributed by atoms with Gasteiger partial charge in [-0.25, -0.2) is 4.79 Å². The van der Waals surface area contributed by atoms with E-state index in [4.69, 9.17) is 23.2 Å². The Labute approximate surface area is 194 Å². The number of carbonyl (C=O) groups excluding carboxylic acids is 2. The van der Waals surface area contributed by atoms with Crippen LogP contribution in [-0.2, 0) is 4.79 Å². The number of aliphatic imine (C=N–C) groups is 1. The fourth-order valence-electron chi connectivity index (χ4n) is 4.65. The summed E-state index contributed by atoms with van der Waals surface area (Å²) in [6, 6.07) is 4.81. The van der Waals surface area contributed by atoms with E-state index in [1.165, 1.54) is 0 Å². The van der Waals surface area contributed by atoms with E-state index >= 15 is 0 Å². The van der Waals surface area contributed by atoms with E-state index in [0.29, 0.717) is 34.7 Å². The van der Waals surface area contributed by atoms with Gasteiger partial charge in [-0.3, -0.25) is 9.79 Å². The van der Waals surface area contributed by atoms with Crippen molar-refractivity contribution in [2.45, 2.75) is 56.9 Å². The lowest BCUT2D eigenvalue weighted by molar-refractivity contribution is -0.120. The molecule has 0 atom stereocenters. The SMILES string of the molecule is CC1(C)C2=C(CN1C(=O)Nc1c(Cl)cccc1Cl)C(NC(=O)C1([Si](C)(C)C)CC1)=NC2. The normalized spacial score (nSPS) is 21.0. The number of nitrogens with zero attached hydrogens (tertiary/aromatic N) is 2. The van der Waals surface area contributed by atoms with E-state index in [2.05, 4.69) is 35.3 Å². The Morgan fingerprint density at radius 1 is 1.10 bits per heavy atom. The first-order valence-corrected chi connectivity index (χ1v) is 14.8. The van der Waals surface area contributed by atoms with Crippen molar-refractivity contribution in [3.63, 3.8) is 0 Å². The molecule has 0 radical (unpaired) electrons. The number of amides is 3. The highest BCUT2D eigenvalue weighted by atomic mass is 35.5. The third kappa shape index (κ3) is 3.60. The quantitative estimate of drug-likeness (QED) is 0.576. The maximum absolute atomic E-state index is 13.1. The summed E-state index contributed by atoms with van der Waals surface area (Å²) < 4.78 is 0. The lowest BCUT2D eigenvalue weighted by Gasteiger charge is -2.34. The van der Waals surface area contributed by atoms with Crippen LogP contribution in [0.3, 0.4) is 0 Å². The average molecular weight is 479 g/mol. The van der Waals surface area contributed by atoms with Crippen LogP contribution in [0.5, 0.6) is 0 Å². The predicted octanol–water partition coefficient (Wildman–Crippen LogP) is 5.32. The van der Waals surface area contributed by atoms with Gasteiger partial charge < -0.3 is 15.5 Å². The van der Waals surface area contributed by atoms with Crippen molar-refractivity contribution >= 4 is 54.7 Å². The lowest BCUT2D eigenvalue weighted by atomic mass is 9.94. The highest BCUT2D eigenvalue weighted by molar-refractivity contribution is 6.83. The molecule has 3 amide bonds. The molecule has 4 rings (SSSR count). The van der Waals surface area contributed by atoms with Gasteiger partial charge in [0.25, 0.3) is 0 Å². The van der Waals surface area contributed by atoms with Crippen molar-refractivity contribution in [2.75, 3.05) is 18.4 Å². The molecule has 1 aromatic rings. The molecule has 0 spiro atoms. The number of hydrogen-bond acceptors (Lipinski definition) is 3. The van der Waals surface area contributed by atoms with Gasteiger partial charge in [0.15, 0.2) is 0 Å². The topological polar surface area (TPSA) is 73.8 Å². The fraction of sp³-hybridized carbons (Fsp3) is 0.500. The first-order valence-electron chi connectivity index (χ1n) is 10.5. The third-order valence-corrected chi connectivity index (χ3v) is 11.3. The van der Waals surface area contributed by atoms with Crippen molar-refractivity contribution < 1.29 is 9.59 Å². The number of nitrogens with one attached hydrogen (secondary N) is 2. The molecular formula is C22H28Cl2N4O2Si. The molecule has 166 valence electrons. The Morgan fingerprint density at radius 2 is 1.71 bits per heavy atom. The number of halogens is 2. The highest BCUT2D eigenvalue weighted by Crippen LogP contribution is 2.60. The lowest BCUT2D eigenvalue weighted by Crippen LogP contribution is -2.48. The highest BCUT2D eigenvalue weighted by Gasteiger charge is 2.59. The fourth-order valence-corrected chi connectivity index (χ4v) is 7.51. The van der Waals surface area contributed by atoms with Crippen molar-refractivity contribution in [3.05, 3.63) is 39.4 Å². The second-order valence-electron chi connectivity index (χ2n) is 10.1. The Balaban J connectivity index is 1.51. The molecular weight excluding hydrogens is 451 g/mol. The number of hydrogen-bond donors (Lipinski definition) is 2. The zero-order valence-electron chi connectivity index (χ0n) is 18.5. The van der Waals surface area contributed by atoms with E-state index in [1.54, 1.807) is 23.1 Å². The summed E-state index contributed by atoms with van der Waals surface area (Å²) in [7, 11) is -1.64. The molecule has 2 heterocycles. The Morgan fingerprint density at radius 3 is 2.26 bits per heavy atom. The average Bonchev–Trinajstić information content (AvgIpc) is 3.33. The van der Waals surface area contributed by atoms with Gasteiger partial charge in [0.05, 0.1) is 42.4 Å². The van der Waals surface area contributed by atoms with Gasteiger partial charge >= 0.3 is 6.03 Å². The largest absolute Gasteiger partial charge is 0.322 e. The summed E-state index contributed by atoms with van der Waals surface area (Å²) in [5.41, 5.74) is 1.84. The molecule has 3 aliphatic rings. The molecule has 0 bridgehead atoms. The van der Waals surface area contributed by atoms with Gasteiger partial charge in [0.2, 0.25) is 5.91 Å². The number of rotatable bonds is 3. The number of carbonyl (C=O) groups is 2. The first kappa shape index (κ1) is 22.4. The van der Waals surface area contributed by atoms with Crippen LogP contribution < -0.4 is 10.6 Å². The van der Waals surface area contributed by atoms with Gasteiger partial charge in [-0.2, -0.15) is 0 Å². The Bertz CT molecular complexity index is 1020. The molecule has 1 fully saturated rings. The molecule has 9 heteroatoms. The molecule has 1 saturated carbocycles. The standard InChI is InChI=1S/C22H28Cl2N4O2Si/c1-21(2)14-11-25-18(27-19(29)22(9-10-22)31(3,4)5)13(14)12-28(21)20(30)26-17-15(23)7-6-8-16(17)24/h6-8H,9-12H2,1-5H3,(H,26,30)(H,25,27,29). The van der Waals surface area contributed by atoms with Crippen molar-refractivity contribution in [2.24, 2.45) is 4.99 Å². The zero-order chi connectivity index (χ0) is 22.8. The Kier molecular flexibility index (Phi) is 5.31. The summed E-state index contributed by atoms with van der Waals surface area (Å²) in [6.07, 6.45) is 1.90. The van der Waals surface area contributed by atoms with Crippen molar-refractivity contribution in [3.8, 4) is 0 Å². The van der Waals surface area contributed by atoms with Crippen LogP contribution in [0.4, 0.5) is 10.5 Å². The molecule has 1 aromatic carbocycles. The maximum Gasteiger partial charge on any atom is 0.322 e. The van der Waals surface area contributed by atoms with E-state index in [-0.39, 0.29) is 17.0 Å².